The molecule has 4 N–H and O–H groups in total. The number of ether oxygens (including phenoxy) is 1. The fourth-order valence-corrected chi connectivity index (χ4v) is 2.78. The Hall–Kier alpha value is -1.53. The van der Waals surface area contributed by atoms with Crippen molar-refractivity contribution in [2.24, 2.45) is 0 Å². The van der Waals surface area contributed by atoms with Crippen LogP contribution in [0.25, 0.3) is 0 Å². The van der Waals surface area contributed by atoms with Crippen LogP contribution in [-0.2, 0) is 0 Å². The van der Waals surface area contributed by atoms with Gasteiger partial charge in [0.2, 0.25) is 0 Å². The molecule has 22 heavy (non-hydrogen) atoms. The molecule has 1 aromatic rings. The highest BCUT2D eigenvalue weighted by atomic mass is 28.4. The third-order valence-electron chi connectivity index (χ3n) is 4.42. The highest BCUT2D eigenvalue weighted by Gasteiger charge is 2.37. The van der Waals surface area contributed by atoms with E-state index in [4.69, 9.17) is 10.5 Å². The van der Waals surface area contributed by atoms with Crippen molar-refractivity contribution in [3.8, 4) is 5.75 Å². The van der Waals surface area contributed by atoms with E-state index in [1.807, 2.05) is 13.1 Å². The predicted octanol–water partition coefficient (Wildman–Crippen LogP) is 2.76. The second kappa shape index (κ2) is 7.15. The molecule has 6 heteroatoms. The highest BCUT2D eigenvalue weighted by molar-refractivity contribution is 6.72. The number of anilines is 1. The van der Waals surface area contributed by atoms with Gasteiger partial charge in [-0.25, -0.2) is 0 Å². The van der Waals surface area contributed by atoms with Crippen molar-refractivity contribution in [1.29, 1.82) is 0 Å². The first-order valence-corrected chi connectivity index (χ1v) is 10.5. The minimum atomic E-state index is -2.19. The van der Waals surface area contributed by atoms with E-state index in [1.54, 1.807) is 18.2 Å². The van der Waals surface area contributed by atoms with Gasteiger partial charge in [-0.15, -0.1) is 0 Å². The van der Waals surface area contributed by atoms with Crippen LogP contribution in [0.5, 0.6) is 5.75 Å². The van der Waals surface area contributed by atoms with E-state index in [0.717, 1.165) is 12.8 Å². The maximum atomic E-state index is 12.1. The standard InChI is InChI=1S/C16H28N2O3Si/c1-16(2,22(4,5)20)9-6-10-18-15(19)12-7-8-13(17)14(11-12)21-3/h7-8,11,20H,6,9-10,17H2,1-5H3,(H,18,19). The zero-order valence-electron chi connectivity index (χ0n) is 14.2. The first-order chi connectivity index (χ1) is 10.1. The monoisotopic (exact) mass is 324 g/mol. The molecule has 1 amide bonds. The summed E-state index contributed by atoms with van der Waals surface area (Å²) in [5.41, 5.74) is 6.77. The Bertz CT molecular complexity index is 525. The van der Waals surface area contributed by atoms with Crippen molar-refractivity contribution < 1.29 is 14.3 Å². The van der Waals surface area contributed by atoms with Crippen molar-refractivity contribution in [3.05, 3.63) is 23.8 Å². The van der Waals surface area contributed by atoms with Crippen molar-refractivity contribution in [2.45, 2.75) is 44.8 Å². The molecule has 1 rings (SSSR count). The molecular formula is C16H28N2O3Si. The average Bonchev–Trinajstić information content (AvgIpc) is 2.42. The number of nitrogens with two attached hydrogens (primary N) is 1. The third kappa shape index (κ3) is 4.74. The van der Waals surface area contributed by atoms with Gasteiger partial charge in [0.25, 0.3) is 5.91 Å². The molecule has 5 nitrogen and oxygen atoms in total. The lowest BCUT2D eigenvalue weighted by Gasteiger charge is -2.35. The minimum Gasteiger partial charge on any atom is -0.495 e. The summed E-state index contributed by atoms with van der Waals surface area (Å²) in [5.74, 6) is 0.360. The van der Waals surface area contributed by atoms with Gasteiger partial charge >= 0.3 is 0 Å². The van der Waals surface area contributed by atoms with Gasteiger partial charge in [-0.3, -0.25) is 4.79 Å². The lowest BCUT2D eigenvalue weighted by Crippen LogP contribution is -2.39. The van der Waals surface area contributed by atoms with Crippen LogP contribution in [0.2, 0.25) is 18.1 Å². The number of benzene rings is 1. The number of hydrogen-bond donors (Lipinski definition) is 3. The van der Waals surface area contributed by atoms with E-state index >= 15 is 0 Å². The van der Waals surface area contributed by atoms with Crippen LogP contribution in [0.3, 0.4) is 0 Å². The van der Waals surface area contributed by atoms with E-state index in [2.05, 4.69) is 19.2 Å². The Morgan fingerprint density at radius 2 is 2.05 bits per heavy atom. The summed E-state index contributed by atoms with van der Waals surface area (Å²) in [7, 11) is -0.664. The fraction of sp³-hybridized carbons (Fsp3) is 0.562. The topological polar surface area (TPSA) is 84.6 Å². The van der Waals surface area contributed by atoms with Gasteiger partial charge in [0.1, 0.15) is 5.75 Å². The van der Waals surface area contributed by atoms with Crippen LogP contribution in [0.1, 0.15) is 37.0 Å². The molecule has 0 radical (unpaired) electrons. The number of amides is 1. The predicted molar refractivity (Wildman–Crippen MR) is 92.7 cm³/mol. The Kier molecular flexibility index (Phi) is 6.02. The van der Waals surface area contributed by atoms with E-state index < -0.39 is 8.32 Å². The zero-order valence-corrected chi connectivity index (χ0v) is 15.2. The maximum Gasteiger partial charge on any atom is 0.251 e. The number of nitrogen functional groups attached to an aromatic ring is 1. The molecule has 0 saturated heterocycles. The molecule has 0 fully saturated rings. The second-order valence-corrected chi connectivity index (χ2v) is 11.2. The van der Waals surface area contributed by atoms with Gasteiger partial charge < -0.3 is 20.6 Å². The lowest BCUT2D eigenvalue weighted by molar-refractivity contribution is 0.0952. The Morgan fingerprint density at radius 3 is 2.59 bits per heavy atom. The van der Waals surface area contributed by atoms with Crippen LogP contribution in [-0.4, -0.2) is 32.7 Å². The van der Waals surface area contributed by atoms with Gasteiger partial charge in [-0.05, 0) is 49.2 Å². The average molecular weight is 324 g/mol. The molecule has 0 aliphatic carbocycles. The molecule has 124 valence electrons. The van der Waals surface area contributed by atoms with Crippen LogP contribution in [0, 0.1) is 0 Å². The number of hydrogen-bond acceptors (Lipinski definition) is 4. The molecule has 0 atom stereocenters. The largest absolute Gasteiger partial charge is 0.495 e. The minimum absolute atomic E-state index is 0.0673. The van der Waals surface area contributed by atoms with Gasteiger partial charge in [-0.2, -0.15) is 0 Å². The molecule has 0 aliphatic rings. The first kappa shape index (κ1) is 18.5. The third-order valence-corrected chi connectivity index (χ3v) is 7.98. The SMILES string of the molecule is COc1cc(C(=O)NCCCC(C)(C)[Si](C)(C)O)ccc1N. The van der Waals surface area contributed by atoms with Gasteiger partial charge in [0.05, 0.1) is 12.8 Å². The Morgan fingerprint density at radius 1 is 1.41 bits per heavy atom. The van der Waals surface area contributed by atoms with Crippen LogP contribution in [0.15, 0.2) is 18.2 Å². The summed E-state index contributed by atoms with van der Waals surface area (Å²) in [6.07, 6.45) is 1.72. The normalized spacial score (nSPS) is 12.1. The zero-order chi connectivity index (χ0) is 17.0. The van der Waals surface area contributed by atoms with Crippen molar-refractivity contribution in [2.75, 3.05) is 19.4 Å². The summed E-state index contributed by atoms with van der Waals surface area (Å²) in [6.45, 7) is 8.66. The van der Waals surface area contributed by atoms with E-state index in [1.165, 1.54) is 7.11 Å². The molecule has 0 spiro atoms. The van der Waals surface area contributed by atoms with Crippen molar-refractivity contribution >= 4 is 19.9 Å². The summed E-state index contributed by atoms with van der Waals surface area (Å²) in [5, 5.41) is 2.82. The maximum absolute atomic E-state index is 12.1. The lowest BCUT2D eigenvalue weighted by atomic mass is 10.1. The van der Waals surface area contributed by atoms with Crippen molar-refractivity contribution in [3.63, 3.8) is 0 Å². The fourth-order valence-electron chi connectivity index (χ4n) is 1.99. The Labute approximate surface area is 134 Å². The molecule has 0 aliphatic heterocycles. The number of rotatable bonds is 7. The summed E-state index contributed by atoms with van der Waals surface area (Å²) >= 11 is 0. The van der Waals surface area contributed by atoms with E-state index in [-0.39, 0.29) is 10.9 Å². The number of carbonyl (C=O) groups excluding carboxylic acids is 1. The highest BCUT2D eigenvalue weighted by Crippen LogP contribution is 2.39. The first-order valence-electron chi connectivity index (χ1n) is 7.52. The number of carbonyl (C=O) groups is 1. The molecule has 0 bridgehead atoms. The smallest absolute Gasteiger partial charge is 0.251 e. The van der Waals surface area contributed by atoms with Crippen LogP contribution in [0.4, 0.5) is 5.69 Å². The molecule has 1 aromatic carbocycles. The summed E-state index contributed by atoms with van der Waals surface area (Å²) in [6, 6.07) is 4.98. The molecular weight excluding hydrogens is 296 g/mol. The van der Waals surface area contributed by atoms with Crippen molar-refractivity contribution in [1.82, 2.24) is 5.32 Å². The van der Waals surface area contributed by atoms with Gasteiger partial charge in [0.15, 0.2) is 8.32 Å². The molecule has 0 aromatic heterocycles. The molecule has 0 unspecified atom stereocenters. The van der Waals surface area contributed by atoms with E-state index in [9.17, 15) is 9.59 Å². The molecule has 0 saturated carbocycles. The van der Waals surface area contributed by atoms with E-state index in [0.29, 0.717) is 23.5 Å². The quantitative estimate of drug-likeness (QED) is 0.409. The van der Waals surface area contributed by atoms with Gasteiger partial charge in [0, 0.05) is 12.1 Å². The van der Waals surface area contributed by atoms with Crippen LogP contribution < -0.4 is 15.8 Å². The Balaban J connectivity index is 2.51. The summed E-state index contributed by atoms with van der Waals surface area (Å²) < 4.78 is 5.12. The second-order valence-electron chi connectivity index (χ2n) is 6.76. The molecule has 0 heterocycles. The number of methoxy groups -OCH3 is 1. The number of nitrogens with one attached hydrogen (secondary N) is 1. The van der Waals surface area contributed by atoms with Crippen LogP contribution >= 0.6 is 0 Å². The van der Waals surface area contributed by atoms with Gasteiger partial charge in [-0.1, -0.05) is 13.8 Å². The summed E-state index contributed by atoms with van der Waals surface area (Å²) in [4.78, 5) is 22.3.